The van der Waals surface area contributed by atoms with Crippen LogP contribution < -0.4 is 5.32 Å². The van der Waals surface area contributed by atoms with Gasteiger partial charge in [0.05, 0.1) is 17.1 Å². The highest BCUT2D eigenvalue weighted by Gasteiger charge is 2.25. The third-order valence-corrected chi connectivity index (χ3v) is 5.01. The van der Waals surface area contributed by atoms with Crippen molar-refractivity contribution in [3.8, 4) is 16.9 Å². The Morgan fingerprint density at radius 3 is 2.40 bits per heavy atom. The summed E-state index contributed by atoms with van der Waals surface area (Å²) >= 11 is 0. The Morgan fingerprint density at radius 2 is 1.68 bits per heavy atom. The molecule has 1 N–H and O–H groups in total. The molecule has 1 aliphatic heterocycles. The van der Waals surface area contributed by atoms with E-state index >= 15 is 0 Å². The number of hydrogen-bond donors (Lipinski definition) is 1. The van der Waals surface area contributed by atoms with E-state index in [2.05, 4.69) is 12.2 Å². The number of nitrogens with zero attached hydrogens (tertiary/aromatic N) is 2. The van der Waals surface area contributed by atoms with Gasteiger partial charge in [0.25, 0.3) is 0 Å². The van der Waals surface area contributed by atoms with Crippen LogP contribution in [0.3, 0.4) is 0 Å². The molecule has 0 bridgehead atoms. The maximum absolute atomic E-state index is 14.6. The molecule has 1 fully saturated rings. The van der Waals surface area contributed by atoms with E-state index in [1.807, 2.05) is 47.1 Å². The summed E-state index contributed by atoms with van der Waals surface area (Å²) < 4.78 is 16.5. The summed E-state index contributed by atoms with van der Waals surface area (Å²) in [6.07, 6.45) is 2.15. The molecule has 0 aliphatic carbocycles. The van der Waals surface area contributed by atoms with Gasteiger partial charge in [-0.15, -0.1) is 0 Å². The van der Waals surface area contributed by atoms with Crippen molar-refractivity contribution in [2.75, 3.05) is 13.1 Å². The minimum absolute atomic E-state index is 0.209. The van der Waals surface area contributed by atoms with Crippen LogP contribution in [0.15, 0.2) is 54.6 Å². The van der Waals surface area contributed by atoms with Gasteiger partial charge in [-0.3, -0.25) is 0 Å². The molecule has 1 saturated heterocycles. The Hall–Kier alpha value is -2.46. The first kappa shape index (κ1) is 16.0. The molecule has 0 amide bonds. The first-order valence-electron chi connectivity index (χ1n) is 8.86. The zero-order chi connectivity index (χ0) is 17.2. The van der Waals surface area contributed by atoms with Crippen LogP contribution >= 0.6 is 0 Å². The van der Waals surface area contributed by atoms with Gasteiger partial charge in [-0.05, 0) is 62.7 Å². The fourth-order valence-electron chi connectivity index (χ4n) is 3.72. The molecule has 128 valence electrons. The van der Waals surface area contributed by atoms with Crippen LogP contribution in [-0.2, 0) is 0 Å². The Morgan fingerprint density at radius 1 is 1.00 bits per heavy atom. The maximum atomic E-state index is 14.6. The number of nitrogens with one attached hydrogen (secondary N) is 1. The Labute approximate surface area is 147 Å². The van der Waals surface area contributed by atoms with Crippen LogP contribution in [0, 0.1) is 12.7 Å². The van der Waals surface area contributed by atoms with Crippen LogP contribution in [0.25, 0.3) is 16.9 Å². The van der Waals surface area contributed by atoms with E-state index in [4.69, 9.17) is 5.10 Å². The number of aromatic nitrogens is 2. The van der Waals surface area contributed by atoms with Crippen molar-refractivity contribution < 1.29 is 4.39 Å². The molecule has 0 unspecified atom stereocenters. The molecule has 25 heavy (non-hydrogen) atoms. The molecule has 2 aromatic carbocycles. The monoisotopic (exact) mass is 335 g/mol. The summed E-state index contributed by atoms with van der Waals surface area (Å²) in [6.45, 7) is 4.10. The normalized spacial score (nSPS) is 15.4. The lowest BCUT2D eigenvalue weighted by Gasteiger charge is -2.21. The van der Waals surface area contributed by atoms with Crippen LogP contribution in [0.1, 0.15) is 30.0 Å². The molecule has 3 aromatic rings. The van der Waals surface area contributed by atoms with Crippen molar-refractivity contribution in [2.24, 2.45) is 0 Å². The average molecular weight is 335 g/mol. The molecule has 0 atom stereocenters. The molecule has 1 aliphatic rings. The molecule has 2 heterocycles. The lowest BCUT2D eigenvalue weighted by Crippen LogP contribution is -2.27. The lowest BCUT2D eigenvalue weighted by molar-refractivity contribution is 0.450. The number of piperidine rings is 1. The molecule has 3 nitrogen and oxygen atoms in total. The Kier molecular flexibility index (Phi) is 4.36. The number of para-hydroxylation sites is 1. The number of hydrogen-bond acceptors (Lipinski definition) is 2. The SMILES string of the molecule is Cc1c(C2CCNCC2)nn(-c2ccccc2)c1-c1ccccc1F. The fourth-order valence-corrected chi connectivity index (χ4v) is 3.72. The van der Waals surface area contributed by atoms with Crippen LogP contribution in [-0.4, -0.2) is 22.9 Å². The minimum Gasteiger partial charge on any atom is -0.317 e. The molecule has 4 heteroatoms. The highest BCUT2D eigenvalue weighted by Crippen LogP contribution is 2.35. The predicted molar refractivity (Wildman–Crippen MR) is 98.5 cm³/mol. The van der Waals surface area contributed by atoms with E-state index in [0.29, 0.717) is 11.5 Å². The van der Waals surface area contributed by atoms with Crippen LogP contribution in [0.2, 0.25) is 0 Å². The van der Waals surface area contributed by atoms with Crippen LogP contribution in [0.5, 0.6) is 0 Å². The number of halogens is 1. The van der Waals surface area contributed by atoms with E-state index in [1.165, 1.54) is 6.07 Å². The van der Waals surface area contributed by atoms with Gasteiger partial charge in [-0.2, -0.15) is 5.10 Å². The number of benzene rings is 2. The summed E-state index contributed by atoms with van der Waals surface area (Å²) in [5.41, 5.74) is 4.61. The largest absolute Gasteiger partial charge is 0.317 e. The van der Waals surface area contributed by atoms with Crippen molar-refractivity contribution >= 4 is 0 Å². The van der Waals surface area contributed by atoms with Gasteiger partial charge in [0.1, 0.15) is 5.82 Å². The first-order valence-corrected chi connectivity index (χ1v) is 8.86. The zero-order valence-corrected chi connectivity index (χ0v) is 14.4. The average Bonchev–Trinajstić information content (AvgIpc) is 3.01. The van der Waals surface area contributed by atoms with Crippen molar-refractivity contribution in [1.82, 2.24) is 15.1 Å². The van der Waals surface area contributed by atoms with Crippen molar-refractivity contribution in [3.63, 3.8) is 0 Å². The highest BCUT2D eigenvalue weighted by molar-refractivity contribution is 5.67. The molecule has 0 spiro atoms. The van der Waals surface area contributed by atoms with Crippen LogP contribution in [0.4, 0.5) is 4.39 Å². The molecular formula is C21H22FN3. The topological polar surface area (TPSA) is 29.9 Å². The molecule has 4 rings (SSSR count). The smallest absolute Gasteiger partial charge is 0.132 e. The van der Waals surface area contributed by atoms with E-state index in [9.17, 15) is 4.39 Å². The van der Waals surface area contributed by atoms with Crippen molar-refractivity contribution in [3.05, 3.63) is 71.7 Å². The van der Waals surface area contributed by atoms with Gasteiger partial charge in [0.15, 0.2) is 0 Å². The Bertz CT molecular complexity index is 864. The number of rotatable bonds is 3. The second-order valence-corrected chi connectivity index (χ2v) is 6.61. The van der Waals surface area contributed by atoms with Gasteiger partial charge in [0, 0.05) is 11.5 Å². The van der Waals surface area contributed by atoms with E-state index in [-0.39, 0.29) is 5.82 Å². The standard InChI is InChI=1S/C21H22FN3/c1-15-20(16-11-13-23-14-12-16)24-25(17-7-3-2-4-8-17)21(15)18-9-5-6-10-19(18)22/h2-10,16,23H,11-14H2,1H3. The van der Waals surface area contributed by atoms with E-state index < -0.39 is 0 Å². The predicted octanol–water partition coefficient (Wildman–Crippen LogP) is 4.45. The summed E-state index contributed by atoms with van der Waals surface area (Å²) in [6, 6.07) is 17.0. The quantitative estimate of drug-likeness (QED) is 0.766. The molecule has 0 saturated carbocycles. The third-order valence-electron chi connectivity index (χ3n) is 5.01. The second kappa shape index (κ2) is 6.81. The first-order chi connectivity index (χ1) is 12.3. The summed E-state index contributed by atoms with van der Waals surface area (Å²) in [5, 5.41) is 8.35. The highest BCUT2D eigenvalue weighted by atomic mass is 19.1. The minimum atomic E-state index is -0.209. The van der Waals surface area contributed by atoms with Crippen molar-refractivity contribution in [2.45, 2.75) is 25.7 Å². The summed E-state index contributed by atoms with van der Waals surface area (Å²) in [7, 11) is 0. The zero-order valence-electron chi connectivity index (χ0n) is 14.4. The second-order valence-electron chi connectivity index (χ2n) is 6.61. The third kappa shape index (κ3) is 2.98. The van der Waals surface area contributed by atoms with Gasteiger partial charge in [-0.1, -0.05) is 30.3 Å². The van der Waals surface area contributed by atoms with Gasteiger partial charge in [0.2, 0.25) is 0 Å². The van der Waals surface area contributed by atoms with Gasteiger partial charge in [-0.25, -0.2) is 9.07 Å². The maximum Gasteiger partial charge on any atom is 0.132 e. The molecule has 1 aromatic heterocycles. The summed E-state index contributed by atoms with van der Waals surface area (Å²) in [4.78, 5) is 0. The van der Waals surface area contributed by atoms with Gasteiger partial charge >= 0.3 is 0 Å². The van der Waals surface area contributed by atoms with E-state index in [0.717, 1.165) is 48.6 Å². The Balaban J connectivity index is 1.91. The molecule has 0 radical (unpaired) electrons. The van der Waals surface area contributed by atoms with Crippen molar-refractivity contribution in [1.29, 1.82) is 0 Å². The summed E-state index contributed by atoms with van der Waals surface area (Å²) in [5.74, 6) is 0.219. The molecular weight excluding hydrogens is 313 g/mol. The van der Waals surface area contributed by atoms with Gasteiger partial charge < -0.3 is 5.32 Å². The fraction of sp³-hybridized carbons (Fsp3) is 0.286. The van der Waals surface area contributed by atoms with E-state index in [1.54, 1.807) is 6.07 Å². The lowest BCUT2D eigenvalue weighted by atomic mass is 9.91.